The van der Waals surface area contributed by atoms with Crippen molar-refractivity contribution in [2.24, 2.45) is 5.92 Å². The van der Waals surface area contributed by atoms with Gasteiger partial charge in [-0.1, -0.05) is 29.3 Å². The van der Waals surface area contributed by atoms with Crippen LogP contribution < -0.4 is 5.32 Å². The molecule has 1 amide bonds. The van der Waals surface area contributed by atoms with Gasteiger partial charge >= 0.3 is 5.97 Å². The Morgan fingerprint density at radius 1 is 1.17 bits per heavy atom. The van der Waals surface area contributed by atoms with Crippen LogP contribution in [0.2, 0.25) is 10.0 Å². The highest BCUT2D eigenvalue weighted by molar-refractivity contribution is 6.39. The van der Waals surface area contributed by atoms with Crippen molar-refractivity contribution >= 4 is 35.1 Å². The number of benzene rings is 1. The highest BCUT2D eigenvalue weighted by atomic mass is 35.5. The van der Waals surface area contributed by atoms with Crippen molar-refractivity contribution in [1.29, 1.82) is 0 Å². The van der Waals surface area contributed by atoms with Gasteiger partial charge in [0.05, 0.1) is 21.7 Å². The summed E-state index contributed by atoms with van der Waals surface area (Å²) in [5.74, 6) is -2.07. The van der Waals surface area contributed by atoms with Crippen LogP contribution in [-0.2, 0) is 28.8 Å². The third-order valence-corrected chi connectivity index (χ3v) is 7.43. The standard InChI is InChI=1S/C26H29Cl2FN2O4/c27-20-13-17(29)14-21(28)24(20)25(32)31-23(26(33)34)9-10-35-19-11-15(12-19)5-7-18-8-6-16-3-1-2-4-22(16)30-18/h6,8,13-15,19,23H,1-5,7,9-12H2,(H,31,32)(H,33,34)/t15?,19?,23-/m0/s1. The summed E-state index contributed by atoms with van der Waals surface area (Å²) in [6.07, 6.45) is 8.82. The van der Waals surface area contributed by atoms with Gasteiger partial charge in [-0.3, -0.25) is 9.78 Å². The maximum absolute atomic E-state index is 13.4. The fourth-order valence-electron chi connectivity index (χ4n) is 4.76. The Morgan fingerprint density at radius 2 is 1.89 bits per heavy atom. The molecular weight excluding hydrogens is 494 g/mol. The predicted octanol–water partition coefficient (Wildman–Crippen LogP) is 5.41. The third kappa shape index (κ3) is 6.72. The van der Waals surface area contributed by atoms with Crippen molar-refractivity contribution in [3.05, 3.63) is 62.6 Å². The van der Waals surface area contributed by atoms with Crippen molar-refractivity contribution in [2.45, 2.75) is 69.9 Å². The minimum absolute atomic E-state index is 0.0950. The lowest BCUT2D eigenvalue weighted by Crippen LogP contribution is -2.42. The first-order valence-corrected chi connectivity index (χ1v) is 12.8. The molecule has 0 spiro atoms. The van der Waals surface area contributed by atoms with Crippen LogP contribution in [0.15, 0.2) is 24.3 Å². The second-order valence-electron chi connectivity index (χ2n) is 9.38. The van der Waals surface area contributed by atoms with Crippen LogP contribution in [0.5, 0.6) is 0 Å². The first kappa shape index (κ1) is 25.9. The number of ether oxygens (including phenoxy) is 1. The van der Waals surface area contributed by atoms with E-state index in [1.807, 2.05) is 0 Å². The summed E-state index contributed by atoms with van der Waals surface area (Å²) in [4.78, 5) is 28.9. The van der Waals surface area contributed by atoms with Gasteiger partial charge in [0.25, 0.3) is 5.91 Å². The normalized spacial score (nSPS) is 20.0. The number of carboxylic acids is 1. The molecule has 1 saturated carbocycles. The number of carboxylic acid groups (broad SMARTS) is 1. The van der Waals surface area contributed by atoms with E-state index >= 15 is 0 Å². The number of hydrogen-bond acceptors (Lipinski definition) is 4. The average Bonchev–Trinajstić information content (AvgIpc) is 2.78. The molecule has 2 N–H and O–H groups in total. The summed E-state index contributed by atoms with van der Waals surface area (Å²) in [5, 5.41) is 11.5. The number of carbonyl (C=O) groups is 2. The smallest absolute Gasteiger partial charge is 0.326 e. The summed E-state index contributed by atoms with van der Waals surface area (Å²) >= 11 is 11.8. The maximum Gasteiger partial charge on any atom is 0.326 e. The Bertz CT molecular complexity index is 1070. The quantitative estimate of drug-likeness (QED) is 0.435. The Hall–Kier alpha value is -2.22. The van der Waals surface area contributed by atoms with Crippen LogP contribution in [0.3, 0.4) is 0 Å². The van der Waals surface area contributed by atoms with E-state index in [0.717, 1.165) is 56.4 Å². The van der Waals surface area contributed by atoms with Gasteiger partial charge in [-0.15, -0.1) is 0 Å². The van der Waals surface area contributed by atoms with Gasteiger partial charge in [0.15, 0.2) is 0 Å². The zero-order valence-corrected chi connectivity index (χ0v) is 20.9. The molecule has 9 heteroatoms. The number of halogens is 3. The number of fused-ring (bicyclic) bond motifs is 1. The molecule has 2 aromatic rings. The van der Waals surface area contributed by atoms with Crippen molar-refractivity contribution < 1.29 is 23.8 Å². The first-order valence-electron chi connectivity index (χ1n) is 12.1. The molecule has 35 heavy (non-hydrogen) atoms. The summed E-state index contributed by atoms with van der Waals surface area (Å²) in [7, 11) is 0. The molecule has 0 radical (unpaired) electrons. The van der Waals surface area contributed by atoms with Crippen LogP contribution in [0.1, 0.15) is 65.8 Å². The highest BCUT2D eigenvalue weighted by Crippen LogP contribution is 2.34. The van der Waals surface area contributed by atoms with Crippen molar-refractivity contribution in [3.63, 3.8) is 0 Å². The molecule has 1 heterocycles. The Balaban J connectivity index is 1.18. The number of aromatic nitrogens is 1. The molecule has 188 valence electrons. The summed E-state index contributed by atoms with van der Waals surface area (Å²) < 4.78 is 19.2. The van der Waals surface area contributed by atoms with Gasteiger partial charge in [0.2, 0.25) is 0 Å². The lowest BCUT2D eigenvalue weighted by Gasteiger charge is -2.35. The second kappa shape index (κ2) is 11.7. The van der Waals surface area contributed by atoms with Gasteiger partial charge in [0, 0.05) is 24.4 Å². The molecule has 2 aliphatic rings. The fourth-order valence-corrected chi connectivity index (χ4v) is 5.40. The minimum Gasteiger partial charge on any atom is -0.480 e. The van der Waals surface area contributed by atoms with Crippen LogP contribution in [0.4, 0.5) is 4.39 Å². The SMILES string of the molecule is O=C(N[C@@H](CCOC1CC(CCc2ccc3c(n2)CCCC3)C1)C(=O)O)c1c(Cl)cc(F)cc1Cl. The molecule has 0 unspecified atom stereocenters. The lowest BCUT2D eigenvalue weighted by molar-refractivity contribution is -0.140. The van der Waals surface area contributed by atoms with E-state index in [4.69, 9.17) is 32.9 Å². The number of nitrogens with one attached hydrogen (secondary N) is 1. The van der Waals surface area contributed by atoms with E-state index in [1.165, 1.54) is 24.1 Å². The van der Waals surface area contributed by atoms with Gasteiger partial charge in [-0.05, 0) is 81.0 Å². The van der Waals surface area contributed by atoms with E-state index in [0.29, 0.717) is 5.92 Å². The summed E-state index contributed by atoms with van der Waals surface area (Å²) in [6, 6.07) is 5.12. The highest BCUT2D eigenvalue weighted by Gasteiger charge is 2.30. The van der Waals surface area contributed by atoms with Gasteiger partial charge in [0.1, 0.15) is 11.9 Å². The summed E-state index contributed by atoms with van der Waals surface area (Å²) in [6.45, 7) is 0.200. The minimum atomic E-state index is -1.19. The van der Waals surface area contributed by atoms with E-state index in [1.54, 1.807) is 0 Å². The number of aryl methyl sites for hydroxylation is 3. The fraction of sp³-hybridized carbons (Fsp3) is 0.500. The number of carbonyl (C=O) groups excluding carboxylic acids is 1. The topological polar surface area (TPSA) is 88.5 Å². The zero-order chi connectivity index (χ0) is 24.9. The number of nitrogens with zero attached hydrogens (tertiary/aromatic N) is 1. The van der Waals surface area contributed by atoms with Crippen molar-refractivity contribution in [2.75, 3.05) is 6.61 Å². The number of pyridine rings is 1. The molecule has 1 atom stereocenters. The van der Waals surface area contributed by atoms with Gasteiger partial charge < -0.3 is 15.2 Å². The van der Waals surface area contributed by atoms with Crippen LogP contribution >= 0.6 is 23.2 Å². The molecular formula is C26H29Cl2FN2O4. The Morgan fingerprint density at radius 3 is 2.60 bits per heavy atom. The number of aliphatic carboxylic acids is 1. The zero-order valence-electron chi connectivity index (χ0n) is 19.4. The van der Waals surface area contributed by atoms with Crippen molar-refractivity contribution in [3.8, 4) is 0 Å². The number of rotatable bonds is 10. The third-order valence-electron chi connectivity index (χ3n) is 6.83. The van der Waals surface area contributed by atoms with Gasteiger partial charge in [-0.25, -0.2) is 9.18 Å². The van der Waals surface area contributed by atoms with E-state index in [2.05, 4.69) is 17.4 Å². The van der Waals surface area contributed by atoms with Crippen LogP contribution in [0, 0.1) is 11.7 Å². The largest absolute Gasteiger partial charge is 0.480 e. The summed E-state index contributed by atoms with van der Waals surface area (Å²) in [5.41, 5.74) is 3.68. The molecule has 0 aliphatic heterocycles. The second-order valence-corrected chi connectivity index (χ2v) is 10.2. The molecule has 0 bridgehead atoms. The predicted molar refractivity (Wildman–Crippen MR) is 132 cm³/mol. The number of amides is 1. The molecule has 1 aromatic heterocycles. The van der Waals surface area contributed by atoms with E-state index in [9.17, 15) is 19.1 Å². The first-order chi connectivity index (χ1) is 16.8. The van der Waals surface area contributed by atoms with Crippen molar-refractivity contribution in [1.82, 2.24) is 10.3 Å². The van der Waals surface area contributed by atoms with E-state index < -0.39 is 23.7 Å². The van der Waals surface area contributed by atoms with Crippen LogP contribution in [0.25, 0.3) is 0 Å². The Labute approximate surface area is 214 Å². The van der Waals surface area contributed by atoms with Crippen LogP contribution in [-0.4, -0.2) is 40.7 Å². The lowest BCUT2D eigenvalue weighted by atomic mass is 9.79. The number of hydrogen-bond donors (Lipinski definition) is 2. The average molecular weight is 523 g/mol. The molecule has 6 nitrogen and oxygen atoms in total. The molecule has 1 fully saturated rings. The van der Waals surface area contributed by atoms with Gasteiger partial charge in [-0.2, -0.15) is 0 Å². The molecule has 1 aromatic carbocycles. The molecule has 0 saturated heterocycles. The van der Waals surface area contributed by atoms with E-state index in [-0.39, 0.29) is 34.7 Å². The maximum atomic E-state index is 13.4. The monoisotopic (exact) mass is 522 g/mol. The molecule has 4 rings (SSSR count). The Kier molecular flexibility index (Phi) is 8.63. The molecule has 2 aliphatic carbocycles.